The van der Waals surface area contributed by atoms with Crippen LogP contribution in [-0.4, -0.2) is 39.9 Å². The standard InChI is InChI=1S/C21H18ClN5O3/c1-29-17-8-4-3-7-13(17)19-23-21(26-25-19)24-20(28)14-11-15(22)16(12-18(14)30-2)27-9-5-6-10-27/h3-12H,1-2H3,(H2,23,24,25,26,28). The van der Waals surface area contributed by atoms with Gasteiger partial charge < -0.3 is 14.0 Å². The highest BCUT2D eigenvalue weighted by Crippen LogP contribution is 2.31. The molecule has 0 unspecified atom stereocenters. The molecule has 0 atom stereocenters. The smallest absolute Gasteiger partial charge is 0.261 e. The maximum Gasteiger partial charge on any atom is 0.261 e. The molecule has 4 rings (SSSR count). The SMILES string of the molecule is COc1cc(-n2cccc2)c(Cl)cc1C(=O)Nc1n[nH]c(-c2ccccc2OC)n1. The number of carbonyl (C=O) groups is 1. The summed E-state index contributed by atoms with van der Waals surface area (Å²) < 4.78 is 12.6. The third-order valence-electron chi connectivity index (χ3n) is 4.47. The number of H-pyrrole nitrogens is 1. The van der Waals surface area contributed by atoms with Crippen LogP contribution in [0.4, 0.5) is 5.95 Å². The van der Waals surface area contributed by atoms with Gasteiger partial charge in [-0.1, -0.05) is 23.7 Å². The number of nitrogens with one attached hydrogen (secondary N) is 2. The molecule has 0 radical (unpaired) electrons. The highest BCUT2D eigenvalue weighted by molar-refractivity contribution is 6.33. The van der Waals surface area contributed by atoms with Gasteiger partial charge in [0.25, 0.3) is 5.91 Å². The lowest BCUT2D eigenvalue weighted by Crippen LogP contribution is -2.14. The Balaban J connectivity index is 1.60. The van der Waals surface area contributed by atoms with Crippen LogP contribution in [0, 0.1) is 0 Å². The third-order valence-corrected chi connectivity index (χ3v) is 4.77. The van der Waals surface area contributed by atoms with E-state index in [4.69, 9.17) is 21.1 Å². The monoisotopic (exact) mass is 423 g/mol. The van der Waals surface area contributed by atoms with E-state index in [-0.39, 0.29) is 11.5 Å². The lowest BCUT2D eigenvalue weighted by atomic mass is 10.1. The summed E-state index contributed by atoms with van der Waals surface area (Å²) in [5.74, 6) is 1.16. The van der Waals surface area contributed by atoms with Crippen molar-refractivity contribution < 1.29 is 14.3 Å². The van der Waals surface area contributed by atoms with E-state index in [1.807, 2.05) is 53.4 Å². The summed E-state index contributed by atoms with van der Waals surface area (Å²) in [6.45, 7) is 0. The van der Waals surface area contributed by atoms with Crippen molar-refractivity contribution in [3.63, 3.8) is 0 Å². The van der Waals surface area contributed by atoms with Crippen molar-refractivity contribution in [3.8, 4) is 28.6 Å². The van der Waals surface area contributed by atoms with Gasteiger partial charge in [0, 0.05) is 18.5 Å². The number of nitrogens with zero attached hydrogens (tertiary/aromatic N) is 3. The minimum atomic E-state index is -0.446. The van der Waals surface area contributed by atoms with Gasteiger partial charge in [0.15, 0.2) is 5.82 Å². The summed E-state index contributed by atoms with van der Waals surface area (Å²) in [4.78, 5) is 17.2. The number of ether oxygens (including phenoxy) is 2. The van der Waals surface area contributed by atoms with Gasteiger partial charge in [0.05, 0.1) is 36.1 Å². The van der Waals surface area contributed by atoms with Crippen molar-refractivity contribution in [3.05, 3.63) is 71.5 Å². The number of hydrogen-bond acceptors (Lipinski definition) is 5. The predicted octanol–water partition coefficient (Wildman–Crippen LogP) is 4.19. The molecule has 1 amide bonds. The number of para-hydroxylation sites is 1. The second-order valence-electron chi connectivity index (χ2n) is 6.26. The van der Waals surface area contributed by atoms with Gasteiger partial charge in [0.2, 0.25) is 5.95 Å². The fourth-order valence-corrected chi connectivity index (χ4v) is 3.29. The van der Waals surface area contributed by atoms with Crippen LogP contribution in [0.2, 0.25) is 5.02 Å². The van der Waals surface area contributed by atoms with Crippen molar-refractivity contribution >= 4 is 23.5 Å². The molecule has 0 fully saturated rings. The highest BCUT2D eigenvalue weighted by Gasteiger charge is 2.19. The van der Waals surface area contributed by atoms with Crippen molar-refractivity contribution in [1.29, 1.82) is 0 Å². The number of benzene rings is 2. The van der Waals surface area contributed by atoms with Crippen LogP contribution < -0.4 is 14.8 Å². The molecule has 2 aromatic heterocycles. The molecule has 0 saturated heterocycles. The van der Waals surface area contributed by atoms with Crippen molar-refractivity contribution in [2.75, 3.05) is 19.5 Å². The Labute approximate surface area is 177 Å². The average Bonchev–Trinajstić information content (AvgIpc) is 3.46. The van der Waals surface area contributed by atoms with Crippen LogP contribution in [0.5, 0.6) is 11.5 Å². The van der Waals surface area contributed by atoms with Gasteiger partial charge in [0.1, 0.15) is 11.5 Å². The molecule has 8 nitrogen and oxygen atoms in total. The lowest BCUT2D eigenvalue weighted by molar-refractivity contribution is 0.102. The zero-order chi connectivity index (χ0) is 21.1. The van der Waals surface area contributed by atoms with E-state index in [1.165, 1.54) is 7.11 Å². The van der Waals surface area contributed by atoms with E-state index in [0.29, 0.717) is 28.0 Å². The van der Waals surface area contributed by atoms with Gasteiger partial charge >= 0.3 is 0 Å². The largest absolute Gasteiger partial charge is 0.496 e. The van der Waals surface area contributed by atoms with Crippen LogP contribution in [0.15, 0.2) is 60.9 Å². The molecule has 152 valence electrons. The maximum absolute atomic E-state index is 12.8. The second kappa shape index (κ2) is 8.30. The Hall–Kier alpha value is -3.78. The first-order valence-electron chi connectivity index (χ1n) is 8.98. The molecule has 2 N–H and O–H groups in total. The molecular formula is C21H18ClN5O3. The Kier molecular flexibility index (Phi) is 5.40. The zero-order valence-corrected chi connectivity index (χ0v) is 17.0. The molecular weight excluding hydrogens is 406 g/mol. The molecule has 4 aromatic rings. The number of carbonyl (C=O) groups excluding carboxylic acids is 1. The van der Waals surface area contributed by atoms with Gasteiger partial charge in [-0.25, -0.2) is 0 Å². The number of rotatable bonds is 6. The first-order valence-corrected chi connectivity index (χ1v) is 9.36. The number of hydrogen-bond donors (Lipinski definition) is 2. The number of amides is 1. The van der Waals surface area contributed by atoms with E-state index in [0.717, 1.165) is 5.56 Å². The van der Waals surface area contributed by atoms with Gasteiger partial charge in [-0.15, -0.1) is 5.10 Å². The molecule has 2 heterocycles. The van der Waals surface area contributed by atoms with Gasteiger partial charge in [-0.3, -0.25) is 15.2 Å². The molecule has 2 aromatic carbocycles. The van der Waals surface area contributed by atoms with Crippen LogP contribution in [-0.2, 0) is 0 Å². The van der Waals surface area contributed by atoms with E-state index >= 15 is 0 Å². The first-order chi connectivity index (χ1) is 14.6. The molecule has 0 spiro atoms. The Morgan fingerprint density at radius 3 is 2.53 bits per heavy atom. The summed E-state index contributed by atoms with van der Waals surface area (Å²) in [5.41, 5.74) is 1.69. The predicted molar refractivity (Wildman–Crippen MR) is 114 cm³/mol. The zero-order valence-electron chi connectivity index (χ0n) is 16.2. The van der Waals surface area contributed by atoms with Crippen LogP contribution in [0.3, 0.4) is 0 Å². The number of anilines is 1. The highest BCUT2D eigenvalue weighted by atomic mass is 35.5. The van der Waals surface area contributed by atoms with Crippen LogP contribution in [0.25, 0.3) is 17.1 Å². The van der Waals surface area contributed by atoms with Gasteiger partial charge in [-0.2, -0.15) is 4.98 Å². The summed E-state index contributed by atoms with van der Waals surface area (Å²) in [5, 5.41) is 9.94. The van der Waals surface area contributed by atoms with E-state index in [2.05, 4.69) is 20.5 Å². The van der Waals surface area contributed by atoms with Crippen molar-refractivity contribution in [2.24, 2.45) is 0 Å². The minimum absolute atomic E-state index is 0.119. The Morgan fingerprint density at radius 1 is 1.07 bits per heavy atom. The fourth-order valence-electron chi connectivity index (χ4n) is 3.03. The third kappa shape index (κ3) is 3.72. The Bertz CT molecular complexity index is 1190. The number of aromatic amines is 1. The molecule has 9 heteroatoms. The van der Waals surface area contributed by atoms with Gasteiger partial charge in [-0.05, 0) is 30.3 Å². The van der Waals surface area contributed by atoms with E-state index in [1.54, 1.807) is 19.2 Å². The topological polar surface area (TPSA) is 94.1 Å². The first kappa shape index (κ1) is 19.5. The minimum Gasteiger partial charge on any atom is -0.496 e. The maximum atomic E-state index is 12.8. The molecule has 0 saturated carbocycles. The quantitative estimate of drug-likeness (QED) is 0.485. The van der Waals surface area contributed by atoms with Crippen LogP contribution >= 0.6 is 11.6 Å². The molecule has 0 bridgehead atoms. The lowest BCUT2D eigenvalue weighted by Gasteiger charge is -2.12. The van der Waals surface area contributed by atoms with E-state index < -0.39 is 5.91 Å². The number of halogens is 1. The molecule has 0 aliphatic heterocycles. The van der Waals surface area contributed by atoms with E-state index in [9.17, 15) is 4.79 Å². The fraction of sp³-hybridized carbons (Fsp3) is 0.0952. The summed E-state index contributed by atoms with van der Waals surface area (Å²) in [6.07, 6.45) is 3.71. The summed E-state index contributed by atoms with van der Waals surface area (Å²) in [6, 6.07) is 14.4. The van der Waals surface area contributed by atoms with Crippen molar-refractivity contribution in [1.82, 2.24) is 19.7 Å². The number of methoxy groups -OCH3 is 2. The molecule has 0 aliphatic rings. The Morgan fingerprint density at radius 2 is 1.80 bits per heavy atom. The number of aromatic nitrogens is 4. The van der Waals surface area contributed by atoms with Crippen LogP contribution in [0.1, 0.15) is 10.4 Å². The molecule has 30 heavy (non-hydrogen) atoms. The van der Waals surface area contributed by atoms with Crippen molar-refractivity contribution in [2.45, 2.75) is 0 Å². The second-order valence-corrected chi connectivity index (χ2v) is 6.66. The summed E-state index contributed by atoms with van der Waals surface area (Å²) in [7, 11) is 3.07. The molecule has 0 aliphatic carbocycles. The average molecular weight is 424 g/mol. The normalized spacial score (nSPS) is 10.6. The summed E-state index contributed by atoms with van der Waals surface area (Å²) >= 11 is 6.41.